The Morgan fingerprint density at radius 1 is 0.853 bits per heavy atom. The number of anilines is 1. The van der Waals surface area contributed by atoms with Gasteiger partial charge >= 0.3 is 0 Å². The molecule has 0 amide bonds. The zero-order valence-corrected chi connectivity index (χ0v) is 21.8. The molecule has 0 bridgehead atoms. The van der Waals surface area contributed by atoms with Crippen LogP contribution >= 0.6 is 0 Å². The number of rotatable bonds is 4. The maximum absolute atomic E-state index is 6.57. The molecular weight excluding hydrogens is 418 g/mol. The fourth-order valence-corrected chi connectivity index (χ4v) is 5.63. The summed E-state index contributed by atoms with van der Waals surface area (Å²) < 4.78 is 6.57. The van der Waals surface area contributed by atoms with Crippen molar-refractivity contribution in [1.82, 2.24) is 9.91 Å². The van der Waals surface area contributed by atoms with E-state index in [-0.39, 0.29) is 12.3 Å². The Morgan fingerprint density at radius 2 is 1.53 bits per heavy atom. The van der Waals surface area contributed by atoms with E-state index in [0.717, 1.165) is 11.2 Å². The number of benzene rings is 3. The van der Waals surface area contributed by atoms with Crippen LogP contribution in [0.1, 0.15) is 74.9 Å². The minimum atomic E-state index is 0.109. The van der Waals surface area contributed by atoms with Crippen LogP contribution in [0.2, 0.25) is 0 Å². The van der Waals surface area contributed by atoms with Gasteiger partial charge in [0.1, 0.15) is 17.3 Å². The van der Waals surface area contributed by atoms with Gasteiger partial charge < -0.3 is 4.42 Å². The number of aryl methyl sites for hydroxylation is 1. The van der Waals surface area contributed by atoms with Gasteiger partial charge in [-0.15, -0.1) is 0 Å². The summed E-state index contributed by atoms with van der Waals surface area (Å²) in [6.45, 7) is 13.7. The molecule has 1 aliphatic heterocycles. The Morgan fingerprint density at radius 3 is 2.21 bits per heavy atom. The van der Waals surface area contributed by atoms with Crippen molar-refractivity contribution in [3.8, 4) is 0 Å². The number of hydrogen-bond donors (Lipinski definition) is 0. The first-order chi connectivity index (χ1) is 16.2. The molecule has 3 aromatic carbocycles. The summed E-state index contributed by atoms with van der Waals surface area (Å²) in [6.07, 6.45) is 0.369. The average Bonchev–Trinajstić information content (AvgIpc) is 3.28. The van der Waals surface area contributed by atoms with Gasteiger partial charge in [0.05, 0.1) is 11.9 Å². The van der Waals surface area contributed by atoms with E-state index in [4.69, 9.17) is 4.42 Å². The Bertz CT molecular complexity index is 1350. The predicted octanol–water partition coefficient (Wildman–Crippen LogP) is 7.78. The maximum Gasteiger partial charge on any atom is 0.141 e. The highest BCUT2D eigenvalue weighted by atomic mass is 16.3. The third-order valence-electron chi connectivity index (χ3n) is 7.69. The van der Waals surface area contributed by atoms with Gasteiger partial charge in [-0.05, 0) is 61.6 Å². The molecule has 1 aromatic heterocycles. The van der Waals surface area contributed by atoms with Crippen LogP contribution in [0.15, 0.2) is 59.0 Å². The highest BCUT2D eigenvalue weighted by Gasteiger charge is 2.43. The molecule has 1 fully saturated rings. The second-order valence-corrected chi connectivity index (χ2v) is 10.5. The van der Waals surface area contributed by atoms with Crippen LogP contribution < -0.4 is 5.01 Å². The lowest BCUT2D eigenvalue weighted by atomic mass is 9.89. The van der Waals surface area contributed by atoms with Crippen LogP contribution in [0.5, 0.6) is 0 Å². The SMILES string of the molecule is Cc1ccccc1C1N(C)C(C)N(C)N1c1c(C(C)C)cc2c(oc3ccccc32)c1C(C)C. The number of furan rings is 1. The first kappa shape index (κ1) is 22.9. The summed E-state index contributed by atoms with van der Waals surface area (Å²) in [5, 5.41) is 7.36. The second kappa shape index (κ2) is 8.44. The lowest BCUT2D eigenvalue weighted by molar-refractivity contribution is 0.186. The normalized spacial score (nSPS) is 20.0. The first-order valence-electron chi connectivity index (χ1n) is 12.5. The van der Waals surface area contributed by atoms with E-state index in [1.54, 1.807) is 0 Å². The van der Waals surface area contributed by atoms with Crippen LogP contribution in [-0.4, -0.2) is 30.2 Å². The summed E-state index contributed by atoms with van der Waals surface area (Å²) in [4.78, 5) is 2.47. The predicted molar refractivity (Wildman–Crippen MR) is 143 cm³/mol. The summed E-state index contributed by atoms with van der Waals surface area (Å²) in [5.74, 6) is 0.682. The summed E-state index contributed by atoms with van der Waals surface area (Å²) in [7, 11) is 4.46. The monoisotopic (exact) mass is 455 g/mol. The van der Waals surface area contributed by atoms with E-state index >= 15 is 0 Å². The first-order valence-corrected chi connectivity index (χ1v) is 12.5. The van der Waals surface area contributed by atoms with Crippen molar-refractivity contribution in [2.45, 2.75) is 65.7 Å². The van der Waals surface area contributed by atoms with Crippen molar-refractivity contribution in [3.05, 3.63) is 76.9 Å². The van der Waals surface area contributed by atoms with Crippen molar-refractivity contribution in [2.24, 2.45) is 0 Å². The topological polar surface area (TPSA) is 22.9 Å². The molecule has 1 saturated heterocycles. The molecule has 4 aromatic rings. The fourth-order valence-electron chi connectivity index (χ4n) is 5.63. The molecule has 4 heteroatoms. The van der Waals surface area contributed by atoms with Gasteiger partial charge in [0, 0.05) is 23.4 Å². The molecule has 4 nitrogen and oxygen atoms in total. The Kier molecular flexibility index (Phi) is 5.70. The minimum absolute atomic E-state index is 0.109. The third-order valence-corrected chi connectivity index (χ3v) is 7.69. The summed E-state index contributed by atoms with van der Waals surface area (Å²) >= 11 is 0. The number of hydrazine groups is 1. The molecule has 2 heterocycles. The zero-order valence-electron chi connectivity index (χ0n) is 21.8. The third kappa shape index (κ3) is 3.35. The molecule has 34 heavy (non-hydrogen) atoms. The van der Waals surface area contributed by atoms with E-state index < -0.39 is 0 Å². The fraction of sp³-hybridized carbons (Fsp3) is 0.400. The molecule has 0 aliphatic carbocycles. The molecular formula is C30H37N3O. The van der Waals surface area contributed by atoms with E-state index in [0.29, 0.717) is 11.8 Å². The Hall–Kier alpha value is -2.82. The molecule has 1 aliphatic rings. The molecule has 0 N–H and O–H groups in total. The van der Waals surface area contributed by atoms with Gasteiger partial charge in [0.15, 0.2) is 0 Å². The van der Waals surface area contributed by atoms with Crippen molar-refractivity contribution < 1.29 is 4.42 Å². The number of nitrogens with zero attached hydrogens (tertiary/aromatic N) is 3. The zero-order chi connectivity index (χ0) is 24.3. The van der Waals surface area contributed by atoms with Gasteiger partial charge in [-0.3, -0.25) is 9.91 Å². The molecule has 178 valence electrons. The quantitative estimate of drug-likeness (QED) is 0.313. The minimum Gasteiger partial charge on any atom is -0.456 e. The second-order valence-electron chi connectivity index (χ2n) is 10.5. The number of para-hydroxylation sites is 1. The van der Waals surface area contributed by atoms with E-state index in [1.807, 2.05) is 0 Å². The molecule has 0 spiro atoms. The van der Waals surface area contributed by atoms with Crippen molar-refractivity contribution in [2.75, 3.05) is 19.1 Å². The van der Waals surface area contributed by atoms with Gasteiger partial charge in [-0.2, -0.15) is 0 Å². The lowest BCUT2D eigenvalue weighted by Crippen LogP contribution is -2.39. The Labute approximate surface area is 203 Å². The Balaban J connectivity index is 1.87. The van der Waals surface area contributed by atoms with Crippen LogP contribution in [0.25, 0.3) is 21.9 Å². The smallest absolute Gasteiger partial charge is 0.141 e. The van der Waals surface area contributed by atoms with Gasteiger partial charge in [0.25, 0.3) is 0 Å². The van der Waals surface area contributed by atoms with Crippen molar-refractivity contribution >= 4 is 27.6 Å². The van der Waals surface area contributed by atoms with E-state index in [2.05, 4.69) is 125 Å². The van der Waals surface area contributed by atoms with Crippen molar-refractivity contribution in [3.63, 3.8) is 0 Å². The highest BCUT2D eigenvalue weighted by molar-refractivity contribution is 6.08. The number of fused-ring (bicyclic) bond motifs is 3. The van der Waals surface area contributed by atoms with Crippen LogP contribution in [0.3, 0.4) is 0 Å². The van der Waals surface area contributed by atoms with Gasteiger partial charge in [0.2, 0.25) is 0 Å². The van der Waals surface area contributed by atoms with Crippen LogP contribution in [0, 0.1) is 6.92 Å². The molecule has 0 saturated carbocycles. The van der Waals surface area contributed by atoms with E-state index in [1.165, 1.54) is 38.7 Å². The maximum atomic E-state index is 6.57. The summed E-state index contributed by atoms with van der Waals surface area (Å²) in [6, 6.07) is 19.6. The highest BCUT2D eigenvalue weighted by Crippen LogP contribution is 2.49. The average molecular weight is 456 g/mol. The van der Waals surface area contributed by atoms with E-state index in [9.17, 15) is 0 Å². The lowest BCUT2D eigenvalue weighted by Gasteiger charge is -2.37. The molecule has 2 unspecified atom stereocenters. The molecule has 5 rings (SSSR count). The summed E-state index contributed by atoms with van der Waals surface area (Å²) in [5.41, 5.74) is 8.60. The van der Waals surface area contributed by atoms with Crippen LogP contribution in [-0.2, 0) is 0 Å². The molecule has 2 atom stereocenters. The molecule has 0 radical (unpaired) electrons. The number of hydrogen-bond acceptors (Lipinski definition) is 4. The standard InChI is InChI=1S/C30H37N3O/c1-18(2)24-17-25-23-15-11-12-16-26(23)34-29(25)27(19(3)4)28(24)33-30(31(7)21(6)32(33)8)22-14-10-9-13-20(22)5/h9-19,21,30H,1-8H3. The van der Waals surface area contributed by atoms with Crippen molar-refractivity contribution in [1.29, 1.82) is 0 Å². The van der Waals surface area contributed by atoms with Crippen LogP contribution in [0.4, 0.5) is 5.69 Å². The van der Waals surface area contributed by atoms with Gasteiger partial charge in [-0.1, -0.05) is 70.2 Å². The largest absolute Gasteiger partial charge is 0.456 e. The van der Waals surface area contributed by atoms with Gasteiger partial charge in [-0.25, -0.2) is 5.01 Å².